The maximum atomic E-state index is 2.51. The zero-order valence-electron chi connectivity index (χ0n) is 7.15. The standard InChI is InChI=1S/C10H16/c1-9(2)8-6-4-10(9,3)5-7(6)8/h6-8H,4-5H2,1-3H3. The fourth-order valence-electron chi connectivity index (χ4n) is 4.12. The van der Waals surface area contributed by atoms with Crippen LogP contribution in [0.25, 0.3) is 0 Å². The zero-order chi connectivity index (χ0) is 7.15. The molecular weight excluding hydrogens is 120 g/mol. The van der Waals surface area contributed by atoms with Crippen LogP contribution in [0, 0.1) is 28.6 Å². The van der Waals surface area contributed by atoms with Gasteiger partial charge < -0.3 is 0 Å². The van der Waals surface area contributed by atoms with Crippen molar-refractivity contribution < 1.29 is 0 Å². The van der Waals surface area contributed by atoms with Gasteiger partial charge in [0.05, 0.1) is 0 Å². The van der Waals surface area contributed by atoms with E-state index in [1.807, 2.05) is 0 Å². The monoisotopic (exact) mass is 136 g/mol. The van der Waals surface area contributed by atoms with Gasteiger partial charge in [-0.1, -0.05) is 20.8 Å². The minimum atomic E-state index is 0.697. The molecule has 4 rings (SSSR count). The first kappa shape index (κ1) is 5.62. The van der Waals surface area contributed by atoms with E-state index < -0.39 is 0 Å². The van der Waals surface area contributed by atoms with Crippen LogP contribution in [0.2, 0.25) is 0 Å². The molecule has 4 aliphatic carbocycles. The zero-order valence-corrected chi connectivity index (χ0v) is 7.15. The van der Waals surface area contributed by atoms with Crippen molar-refractivity contribution in [1.82, 2.24) is 0 Å². The van der Waals surface area contributed by atoms with Crippen LogP contribution in [0.15, 0.2) is 0 Å². The highest BCUT2D eigenvalue weighted by atomic mass is 14.8. The van der Waals surface area contributed by atoms with Crippen molar-refractivity contribution in [3.05, 3.63) is 0 Å². The Balaban J connectivity index is 2.16. The average molecular weight is 136 g/mol. The second kappa shape index (κ2) is 1.09. The third-order valence-electron chi connectivity index (χ3n) is 5.09. The maximum Gasteiger partial charge on any atom is -0.0266 e. The van der Waals surface area contributed by atoms with Gasteiger partial charge in [0.1, 0.15) is 0 Å². The Hall–Kier alpha value is 0. The molecule has 4 saturated carbocycles. The van der Waals surface area contributed by atoms with Crippen LogP contribution < -0.4 is 0 Å². The van der Waals surface area contributed by atoms with Gasteiger partial charge in [-0.05, 0) is 41.4 Å². The summed E-state index contributed by atoms with van der Waals surface area (Å²) >= 11 is 0. The minimum Gasteiger partial charge on any atom is -0.0591 e. The van der Waals surface area contributed by atoms with Crippen molar-refractivity contribution in [3.63, 3.8) is 0 Å². The Kier molecular flexibility index (Phi) is 0.612. The lowest BCUT2D eigenvalue weighted by atomic mass is 9.71. The van der Waals surface area contributed by atoms with Gasteiger partial charge in [-0.3, -0.25) is 0 Å². The molecule has 4 fully saturated rings. The lowest BCUT2D eigenvalue weighted by Gasteiger charge is -2.34. The molecule has 0 aromatic heterocycles. The molecule has 56 valence electrons. The molecule has 0 amide bonds. The first-order valence-electron chi connectivity index (χ1n) is 4.56. The number of rotatable bonds is 0. The average Bonchev–Trinajstić information content (AvgIpc) is 2.15. The lowest BCUT2D eigenvalue weighted by molar-refractivity contribution is 0.152. The number of hydrogen-bond donors (Lipinski definition) is 0. The third kappa shape index (κ3) is 0.320. The molecule has 0 spiro atoms. The van der Waals surface area contributed by atoms with Gasteiger partial charge in [0.15, 0.2) is 0 Å². The Morgan fingerprint density at radius 2 is 1.50 bits per heavy atom. The summed E-state index contributed by atoms with van der Waals surface area (Å²) in [6.07, 6.45) is 3.10. The fourth-order valence-corrected chi connectivity index (χ4v) is 4.12. The summed E-state index contributed by atoms with van der Waals surface area (Å²) in [5, 5.41) is 0. The van der Waals surface area contributed by atoms with Gasteiger partial charge in [-0.15, -0.1) is 0 Å². The highest BCUT2D eigenvalue weighted by Crippen LogP contribution is 2.83. The first-order chi connectivity index (χ1) is 4.56. The van der Waals surface area contributed by atoms with Crippen LogP contribution in [-0.4, -0.2) is 0 Å². The molecule has 0 heterocycles. The molecule has 2 atom stereocenters. The second-order valence-corrected chi connectivity index (χ2v) is 5.54. The van der Waals surface area contributed by atoms with E-state index in [-0.39, 0.29) is 0 Å². The van der Waals surface area contributed by atoms with Gasteiger partial charge in [0.2, 0.25) is 0 Å². The summed E-state index contributed by atoms with van der Waals surface area (Å²) in [7, 11) is 0. The van der Waals surface area contributed by atoms with E-state index in [9.17, 15) is 0 Å². The third-order valence-corrected chi connectivity index (χ3v) is 5.09. The molecular formula is C10H16. The Bertz CT molecular complexity index is 187. The largest absolute Gasteiger partial charge is 0.0591 e. The highest BCUT2D eigenvalue weighted by molar-refractivity contribution is 5.24. The molecule has 0 aliphatic heterocycles. The maximum absolute atomic E-state index is 2.51. The van der Waals surface area contributed by atoms with Gasteiger partial charge in [0.25, 0.3) is 0 Å². The second-order valence-electron chi connectivity index (χ2n) is 5.54. The summed E-state index contributed by atoms with van der Waals surface area (Å²) in [5.74, 6) is 3.47. The SMILES string of the molecule is CC12CC3C(C1)C3C2(C)C. The van der Waals surface area contributed by atoms with Crippen molar-refractivity contribution in [2.45, 2.75) is 33.6 Å². The van der Waals surface area contributed by atoms with Gasteiger partial charge in [-0.25, -0.2) is 0 Å². The number of hydrogen-bond acceptors (Lipinski definition) is 0. The fraction of sp³-hybridized carbons (Fsp3) is 1.00. The van der Waals surface area contributed by atoms with Crippen LogP contribution in [0.5, 0.6) is 0 Å². The van der Waals surface area contributed by atoms with Crippen molar-refractivity contribution in [2.75, 3.05) is 0 Å². The van der Waals surface area contributed by atoms with Crippen molar-refractivity contribution in [2.24, 2.45) is 28.6 Å². The first-order valence-corrected chi connectivity index (χ1v) is 4.56. The van der Waals surface area contributed by atoms with Gasteiger partial charge in [0, 0.05) is 0 Å². The van der Waals surface area contributed by atoms with Crippen LogP contribution in [0.1, 0.15) is 33.6 Å². The van der Waals surface area contributed by atoms with Gasteiger partial charge >= 0.3 is 0 Å². The van der Waals surface area contributed by atoms with E-state index in [1.54, 1.807) is 12.8 Å². The normalized spacial score (nSPS) is 66.9. The summed E-state index contributed by atoms with van der Waals surface area (Å²) in [4.78, 5) is 0. The van der Waals surface area contributed by atoms with E-state index >= 15 is 0 Å². The molecule has 4 aliphatic rings. The van der Waals surface area contributed by atoms with Crippen molar-refractivity contribution in [3.8, 4) is 0 Å². The van der Waals surface area contributed by atoms with Gasteiger partial charge in [-0.2, -0.15) is 0 Å². The quantitative estimate of drug-likeness (QED) is 0.480. The van der Waals surface area contributed by atoms with Crippen LogP contribution in [-0.2, 0) is 0 Å². The smallest absolute Gasteiger partial charge is 0.0266 e. The van der Waals surface area contributed by atoms with Crippen LogP contribution >= 0.6 is 0 Å². The van der Waals surface area contributed by atoms with Crippen LogP contribution in [0.3, 0.4) is 0 Å². The van der Waals surface area contributed by atoms with E-state index in [4.69, 9.17) is 0 Å². The molecule has 0 aromatic carbocycles. The van der Waals surface area contributed by atoms with E-state index in [1.165, 1.54) is 11.8 Å². The predicted octanol–water partition coefficient (Wildman–Crippen LogP) is 2.69. The topological polar surface area (TPSA) is 0 Å². The summed E-state index contributed by atoms with van der Waals surface area (Å²) in [6, 6.07) is 0. The van der Waals surface area contributed by atoms with Crippen LogP contribution in [0.4, 0.5) is 0 Å². The molecule has 0 saturated heterocycles. The highest BCUT2D eigenvalue weighted by Gasteiger charge is 2.76. The molecule has 4 bridgehead atoms. The lowest BCUT2D eigenvalue weighted by Crippen LogP contribution is -2.26. The molecule has 10 heavy (non-hydrogen) atoms. The molecule has 0 N–H and O–H groups in total. The van der Waals surface area contributed by atoms with Crippen molar-refractivity contribution in [1.29, 1.82) is 0 Å². The summed E-state index contributed by atoms with van der Waals surface area (Å²) < 4.78 is 0. The molecule has 0 radical (unpaired) electrons. The molecule has 0 nitrogen and oxygen atoms in total. The van der Waals surface area contributed by atoms with E-state index in [0.717, 1.165) is 11.3 Å². The minimum absolute atomic E-state index is 0.697. The summed E-state index contributed by atoms with van der Waals surface area (Å²) in [5.41, 5.74) is 1.44. The van der Waals surface area contributed by atoms with E-state index in [2.05, 4.69) is 20.8 Å². The summed E-state index contributed by atoms with van der Waals surface area (Å²) in [6.45, 7) is 7.49. The Morgan fingerprint density at radius 1 is 1.00 bits per heavy atom. The Morgan fingerprint density at radius 3 is 1.60 bits per heavy atom. The molecule has 2 unspecified atom stereocenters. The van der Waals surface area contributed by atoms with E-state index in [0.29, 0.717) is 5.41 Å². The Labute approximate surface area is 63.0 Å². The molecule has 0 aromatic rings. The predicted molar refractivity (Wildman–Crippen MR) is 41.6 cm³/mol. The van der Waals surface area contributed by atoms with Crippen molar-refractivity contribution >= 4 is 0 Å². The molecule has 0 heteroatoms.